The van der Waals surface area contributed by atoms with Crippen molar-refractivity contribution in [3.05, 3.63) is 78.4 Å². The second kappa shape index (κ2) is 9.48. The SMILES string of the molecule is C.Cc1ccc(-n2c(O)cc3ccc(Nc4ccccc4)nc32)cc1.O=S=O. The first-order chi connectivity index (χ1) is 13.1. The number of benzene rings is 2. The fourth-order valence-electron chi connectivity index (χ4n) is 2.75. The molecular formula is C21H21N3O3S. The van der Waals surface area contributed by atoms with Gasteiger partial charge in [-0.3, -0.25) is 4.57 Å². The fraction of sp³-hybridized carbons (Fsp3) is 0.0952. The van der Waals surface area contributed by atoms with Gasteiger partial charge >= 0.3 is 11.6 Å². The lowest BCUT2D eigenvalue weighted by atomic mass is 10.2. The molecule has 28 heavy (non-hydrogen) atoms. The van der Waals surface area contributed by atoms with Gasteiger partial charge in [-0.2, -0.15) is 8.42 Å². The molecule has 0 unspecified atom stereocenters. The summed E-state index contributed by atoms with van der Waals surface area (Å²) in [4.78, 5) is 4.68. The maximum atomic E-state index is 10.3. The molecule has 4 rings (SSSR count). The highest BCUT2D eigenvalue weighted by atomic mass is 32.1. The molecule has 2 N–H and O–H groups in total. The minimum absolute atomic E-state index is 0. The number of rotatable bonds is 3. The molecule has 2 aromatic heterocycles. The van der Waals surface area contributed by atoms with Crippen LogP contribution in [0, 0.1) is 6.92 Å². The average Bonchev–Trinajstić information content (AvgIpc) is 2.99. The lowest BCUT2D eigenvalue weighted by Gasteiger charge is -2.09. The number of nitrogens with zero attached hydrogens (tertiary/aromatic N) is 2. The number of hydrogen-bond donors (Lipinski definition) is 2. The van der Waals surface area contributed by atoms with Crippen molar-refractivity contribution in [3.8, 4) is 11.6 Å². The third-order valence-electron chi connectivity index (χ3n) is 3.97. The minimum atomic E-state index is -0.750. The van der Waals surface area contributed by atoms with E-state index in [1.807, 2.05) is 73.7 Å². The van der Waals surface area contributed by atoms with Gasteiger partial charge < -0.3 is 10.4 Å². The molecule has 0 radical (unpaired) electrons. The van der Waals surface area contributed by atoms with Gasteiger partial charge in [0.15, 0.2) is 5.88 Å². The summed E-state index contributed by atoms with van der Waals surface area (Å²) in [5, 5.41) is 14.5. The van der Waals surface area contributed by atoms with Gasteiger partial charge in [0.05, 0.1) is 5.69 Å². The van der Waals surface area contributed by atoms with Gasteiger partial charge in [-0.1, -0.05) is 43.3 Å². The number of hydrogen-bond acceptors (Lipinski definition) is 5. The van der Waals surface area contributed by atoms with E-state index in [-0.39, 0.29) is 13.3 Å². The second-order valence-electron chi connectivity index (χ2n) is 5.84. The maximum Gasteiger partial charge on any atom is 0.335 e. The Labute approximate surface area is 167 Å². The van der Waals surface area contributed by atoms with E-state index in [9.17, 15) is 5.11 Å². The average molecular weight is 395 g/mol. The largest absolute Gasteiger partial charge is 0.494 e. The van der Waals surface area contributed by atoms with Crippen LogP contribution in [0.15, 0.2) is 72.8 Å². The van der Waals surface area contributed by atoms with E-state index in [0.29, 0.717) is 0 Å². The molecule has 0 aliphatic carbocycles. The zero-order valence-corrected chi connectivity index (χ0v) is 15.3. The van der Waals surface area contributed by atoms with Gasteiger partial charge in [0.25, 0.3) is 0 Å². The van der Waals surface area contributed by atoms with E-state index in [1.165, 1.54) is 5.56 Å². The minimum Gasteiger partial charge on any atom is -0.494 e. The summed E-state index contributed by atoms with van der Waals surface area (Å²) in [5.74, 6) is 0.915. The molecule has 144 valence electrons. The molecule has 0 amide bonds. The van der Waals surface area contributed by atoms with E-state index in [0.717, 1.165) is 28.2 Å². The predicted molar refractivity (Wildman–Crippen MR) is 113 cm³/mol. The van der Waals surface area contributed by atoms with Crippen molar-refractivity contribution in [2.75, 3.05) is 5.32 Å². The fourth-order valence-corrected chi connectivity index (χ4v) is 2.75. The number of aromatic hydroxyl groups is 1. The standard InChI is InChI=1S/C20H17N3O.CH4.O2S/c1-14-7-10-17(11-8-14)23-19(24)13-15-9-12-18(22-20(15)23)21-16-5-3-2-4-6-16;;1-3-2/h2-13,24H,1H3,(H,21,22);1H4;. The Morgan fingerprint density at radius 3 is 2.25 bits per heavy atom. The molecule has 0 spiro atoms. The Balaban J connectivity index is 0.000000660. The van der Waals surface area contributed by atoms with Crippen LogP contribution in [0.25, 0.3) is 16.7 Å². The molecule has 0 fully saturated rings. The topological polar surface area (TPSA) is 84.2 Å². The maximum absolute atomic E-state index is 10.3. The highest BCUT2D eigenvalue weighted by molar-refractivity contribution is 7.51. The predicted octanol–water partition coefficient (Wildman–Crippen LogP) is 4.75. The zero-order valence-electron chi connectivity index (χ0n) is 14.5. The van der Waals surface area contributed by atoms with Crippen molar-refractivity contribution >= 4 is 34.1 Å². The number of aryl methyl sites for hydroxylation is 1. The van der Waals surface area contributed by atoms with Crippen LogP contribution in [0.2, 0.25) is 0 Å². The number of aromatic nitrogens is 2. The first-order valence-corrected chi connectivity index (χ1v) is 8.81. The Kier molecular flexibility index (Phi) is 7.06. The molecule has 0 saturated carbocycles. The molecule has 2 heterocycles. The molecule has 2 aromatic carbocycles. The highest BCUT2D eigenvalue weighted by Crippen LogP contribution is 2.29. The van der Waals surface area contributed by atoms with Gasteiger partial charge in [-0.15, -0.1) is 0 Å². The normalized spacial score (nSPS) is 9.75. The van der Waals surface area contributed by atoms with E-state index < -0.39 is 11.6 Å². The van der Waals surface area contributed by atoms with Crippen LogP contribution in [-0.2, 0) is 11.6 Å². The summed E-state index contributed by atoms with van der Waals surface area (Å²) in [5.41, 5.74) is 3.76. The molecule has 0 aliphatic heterocycles. The summed E-state index contributed by atoms with van der Waals surface area (Å²) >= 11 is -0.750. The number of fused-ring (bicyclic) bond motifs is 1. The van der Waals surface area contributed by atoms with E-state index in [2.05, 4.69) is 10.3 Å². The Hall–Kier alpha value is -3.45. The molecule has 6 nitrogen and oxygen atoms in total. The molecule has 0 atom stereocenters. The molecular weight excluding hydrogens is 374 g/mol. The first kappa shape index (κ1) is 20.9. The van der Waals surface area contributed by atoms with Crippen molar-refractivity contribution in [1.82, 2.24) is 9.55 Å². The Morgan fingerprint density at radius 1 is 0.964 bits per heavy atom. The summed E-state index contributed by atoms with van der Waals surface area (Å²) in [6.45, 7) is 2.04. The number of para-hydroxylation sites is 1. The number of nitrogens with one attached hydrogen (secondary N) is 1. The van der Waals surface area contributed by atoms with Gasteiger partial charge in [0, 0.05) is 17.1 Å². The third kappa shape index (κ3) is 4.63. The zero-order chi connectivity index (χ0) is 19.2. The van der Waals surface area contributed by atoms with Crippen molar-refractivity contribution < 1.29 is 13.5 Å². The van der Waals surface area contributed by atoms with Gasteiger partial charge in [-0.25, -0.2) is 4.98 Å². The smallest absolute Gasteiger partial charge is 0.335 e. The molecule has 0 bridgehead atoms. The Bertz CT molecular complexity index is 1090. The summed E-state index contributed by atoms with van der Waals surface area (Å²) < 4.78 is 18.3. The van der Waals surface area contributed by atoms with Crippen LogP contribution in [0.3, 0.4) is 0 Å². The number of pyridine rings is 1. The van der Waals surface area contributed by atoms with Crippen molar-refractivity contribution in [1.29, 1.82) is 0 Å². The van der Waals surface area contributed by atoms with Gasteiger partial charge in [-0.05, 0) is 43.3 Å². The first-order valence-electron chi connectivity index (χ1n) is 8.15. The van der Waals surface area contributed by atoms with Crippen LogP contribution in [0.5, 0.6) is 5.88 Å². The molecule has 0 saturated heterocycles. The van der Waals surface area contributed by atoms with Crippen molar-refractivity contribution in [2.45, 2.75) is 14.4 Å². The third-order valence-corrected chi connectivity index (χ3v) is 3.97. The lowest BCUT2D eigenvalue weighted by Crippen LogP contribution is -1.98. The van der Waals surface area contributed by atoms with Crippen LogP contribution >= 0.6 is 0 Å². The summed E-state index contributed by atoms with van der Waals surface area (Å²) in [6, 6.07) is 23.5. The van der Waals surface area contributed by atoms with E-state index >= 15 is 0 Å². The molecule has 7 heteroatoms. The lowest BCUT2D eigenvalue weighted by molar-refractivity contribution is 0.445. The van der Waals surface area contributed by atoms with Gasteiger partial charge in [0.2, 0.25) is 0 Å². The molecule has 4 aromatic rings. The highest BCUT2D eigenvalue weighted by Gasteiger charge is 2.12. The van der Waals surface area contributed by atoms with Gasteiger partial charge in [0.1, 0.15) is 11.5 Å². The van der Waals surface area contributed by atoms with Crippen LogP contribution in [0.1, 0.15) is 13.0 Å². The van der Waals surface area contributed by atoms with Crippen LogP contribution < -0.4 is 5.32 Å². The van der Waals surface area contributed by atoms with Crippen molar-refractivity contribution in [2.24, 2.45) is 0 Å². The number of anilines is 2. The molecule has 0 aliphatic rings. The summed E-state index contributed by atoms with van der Waals surface area (Å²) in [7, 11) is 0. The van der Waals surface area contributed by atoms with E-state index in [4.69, 9.17) is 8.42 Å². The second-order valence-corrected chi connectivity index (χ2v) is 5.98. The monoisotopic (exact) mass is 395 g/mol. The quantitative estimate of drug-likeness (QED) is 0.523. The van der Waals surface area contributed by atoms with E-state index in [1.54, 1.807) is 10.6 Å². The van der Waals surface area contributed by atoms with Crippen LogP contribution in [0.4, 0.5) is 11.5 Å². The van der Waals surface area contributed by atoms with Crippen LogP contribution in [-0.4, -0.2) is 23.1 Å². The summed E-state index contributed by atoms with van der Waals surface area (Å²) in [6.07, 6.45) is 0. The Morgan fingerprint density at radius 2 is 1.61 bits per heavy atom. The van der Waals surface area contributed by atoms with Crippen molar-refractivity contribution in [3.63, 3.8) is 0 Å².